The molecule has 3 rings (SSSR count). The maximum Gasteiger partial charge on any atom is 0.247 e. The monoisotopic (exact) mass is 438 g/mol. The van der Waals surface area contributed by atoms with Crippen molar-refractivity contribution in [3.8, 4) is 5.75 Å². The van der Waals surface area contributed by atoms with Gasteiger partial charge in [-0.3, -0.25) is 4.79 Å². The third-order valence-corrected chi connectivity index (χ3v) is 6.67. The summed E-state index contributed by atoms with van der Waals surface area (Å²) in [5.74, 6) is -0.0971. The summed E-state index contributed by atoms with van der Waals surface area (Å²) in [5.41, 5.74) is 0.770. The van der Waals surface area contributed by atoms with Crippen LogP contribution in [0.15, 0.2) is 53.4 Å². The van der Waals surface area contributed by atoms with E-state index in [-0.39, 0.29) is 34.7 Å². The fourth-order valence-electron chi connectivity index (χ4n) is 3.07. The zero-order valence-corrected chi connectivity index (χ0v) is 17.7. The summed E-state index contributed by atoms with van der Waals surface area (Å²) in [6, 6.07) is 13.5. The molecule has 0 N–H and O–H groups in total. The van der Waals surface area contributed by atoms with Crippen molar-refractivity contribution >= 4 is 27.5 Å². The Kier molecular flexibility index (Phi) is 7.13. The lowest BCUT2D eigenvalue weighted by molar-refractivity contribution is -0.135. The number of morpholine rings is 1. The van der Waals surface area contributed by atoms with Crippen molar-refractivity contribution in [3.05, 3.63) is 59.1 Å². The average Bonchev–Trinajstić information content (AvgIpc) is 2.74. The molecular formula is C20H23ClN2O5S. The highest BCUT2D eigenvalue weighted by molar-refractivity contribution is 7.89. The first kappa shape index (κ1) is 21.6. The number of hydrogen-bond acceptors (Lipinski definition) is 5. The zero-order valence-electron chi connectivity index (χ0n) is 16.1. The van der Waals surface area contributed by atoms with Crippen LogP contribution in [0.5, 0.6) is 5.75 Å². The first-order valence-electron chi connectivity index (χ1n) is 9.15. The number of ether oxygens (including phenoxy) is 2. The second-order valence-electron chi connectivity index (χ2n) is 6.55. The van der Waals surface area contributed by atoms with E-state index >= 15 is 0 Å². The predicted octanol–water partition coefficient (Wildman–Crippen LogP) is 2.40. The minimum absolute atomic E-state index is 0.0505. The van der Waals surface area contributed by atoms with Crippen molar-refractivity contribution in [2.75, 3.05) is 40.0 Å². The van der Waals surface area contributed by atoms with Crippen LogP contribution in [0, 0.1) is 0 Å². The third-order valence-electron chi connectivity index (χ3n) is 4.62. The van der Waals surface area contributed by atoms with E-state index in [0.29, 0.717) is 26.3 Å². The summed E-state index contributed by atoms with van der Waals surface area (Å²) in [6.07, 6.45) is 0. The zero-order chi connectivity index (χ0) is 20.9. The van der Waals surface area contributed by atoms with Crippen LogP contribution in [0.1, 0.15) is 5.56 Å². The van der Waals surface area contributed by atoms with Crippen molar-refractivity contribution in [2.45, 2.75) is 11.4 Å². The van der Waals surface area contributed by atoms with Crippen molar-refractivity contribution < 1.29 is 22.7 Å². The molecule has 7 nitrogen and oxygen atoms in total. The van der Waals surface area contributed by atoms with Gasteiger partial charge < -0.3 is 14.4 Å². The molecule has 1 heterocycles. The highest BCUT2D eigenvalue weighted by atomic mass is 35.5. The molecule has 29 heavy (non-hydrogen) atoms. The normalized spacial score (nSPS) is 14.8. The molecule has 0 aliphatic carbocycles. The number of halogens is 1. The molecular weight excluding hydrogens is 416 g/mol. The molecule has 9 heteroatoms. The molecule has 0 unspecified atom stereocenters. The molecule has 0 atom stereocenters. The Bertz CT molecular complexity index is 947. The van der Waals surface area contributed by atoms with Gasteiger partial charge in [0, 0.05) is 24.7 Å². The Hall–Kier alpha value is -2.13. The number of carbonyl (C=O) groups is 1. The summed E-state index contributed by atoms with van der Waals surface area (Å²) < 4.78 is 38.6. The second kappa shape index (κ2) is 9.58. The van der Waals surface area contributed by atoms with E-state index in [2.05, 4.69) is 0 Å². The van der Waals surface area contributed by atoms with Gasteiger partial charge in [0.15, 0.2) is 0 Å². The number of rotatable bonds is 7. The van der Waals surface area contributed by atoms with Gasteiger partial charge in [0.2, 0.25) is 15.9 Å². The fraction of sp³-hybridized carbons (Fsp3) is 0.350. The lowest BCUT2D eigenvalue weighted by atomic mass is 10.2. The molecule has 1 aliphatic heterocycles. The number of benzene rings is 2. The van der Waals surface area contributed by atoms with E-state index in [1.54, 1.807) is 11.0 Å². The van der Waals surface area contributed by atoms with Crippen LogP contribution in [0.3, 0.4) is 0 Å². The van der Waals surface area contributed by atoms with Gasteiger partial charge in [0.25, 0.3) is 0 Å². The van der Waals surface area contributed by atoms with Gasteiger partial charge in [-0.2, -0.15) is 4.31 Å². The second-order valence-corrected chi connectivity index (χ2v) is 8.89. The van der Waals surface area contributed by atoms with Crippen molar-refractivity contribution in [1.82, 2.24) is 9.21 Å². The van der Waals surface area contributed by atoms with E-state index < -0.39 is 10.0 Å². The molecule has 1 fully saturated rings. The van der Waals surface area contributed by atoms with Crippen molar-refractivity contribution in [3.63, 3.8) is 0 Å². The molecule has 1 saturated heterocycles. The molecule has 156 valence electrons. The summed E-state index contributed by atoms with van der Waals surface area (Å²) >= 11 is 6.04. The summed E-state index contributed by atoms with van der Waals surface area (Å²) in [6.45, 7) is 1.54. The van der Waals surface area contributed by atoms with Crippen molar-refractivity contribution in [2.24, 2.45) is 0 Å². The van der Waals surface area contributed by atoms with Crippen LogP contribution in [0.2, 0.25) is 5.02 Å². The number of methoxy groups -OCH3 is 1. The van der Waals surface area contributed by atoms with Gasteiger partial charge in [-0.25, -0.2) is 8.42 Å². The van der Waals surface area contributed by atoms with Gasteiger partial charge >= 0.3 is 0 Å². The Balaban J connectivity index is 1.95. The Morgan fingerprint density at radius 3 is 2.52 bits per heavy atom. The molecule has 1 amide bonds. The molecule has 0 saturated carbocycles. The van der Waals surface area contributed by atoms with Gasteiger partial charge in [-0.1, -0.05) is 41.9 Å². The summed E-state index contributed by atoms with van der Waals surface area (Å²) in [5, 5.41) is 0.267. The molecule has 0 bridgehead atoms. The van der Waals surface area contributed by atoms with Crippen molar-refractivity contribution in [1.29, 1.82) is 0 Å². The Morgan fingerprint density at radius 1 is 1.17 bits per heavy atom. The largest absolute Gasteiger partial charge is 0.495 e. The topological polar surface area (TPSA) is 76.2 Å². The third kappa shape index (κ3) is 5.27. The fourth-order valence-corrected chi connectivity index (χ4v) is 4.86. The minimum atomic E-state index is -4.05. The number of hydrogen-bond donors (Lipinski definition) is 0. The van der Waals surface area contributed by atoms with Crippen LogP contribution in [-0.4, -0.2) is 63.5 Å². The van der Waals surface area contributed by atoms with Crippen LogP contribution >= 0.6 is 11.6 Å². The van der Waals surface area contributed by atoms with Gasteiger partial charge in [0.05, 0.1) is 26.9 Å². The molecule has 0 spiro atoms. The number of carbonyl (C=O) groups excluding carboxylic acids is 1. The van der Waals surface area contributed by atoms with Crippen LogP contribution < -0.4 is 4.74 Å². The van der Waals surface area contributed by atoms with E-state index in [0.717, 1.165) is 9.87 Å². The van der Waals surface area contributed by atoms with E-state index in [1.807, 2.05) is 30.3 Å². The maximum absolute atomic E-state index is 13.5. The van der Waals surface area contributed by atoms with E-state index in [9.17, 15) is 13.2 Å². The smallest absolute Gasteiger partial charge is 0.247 e. The molecule has 2 aromatic carbocycles. The van der Waals surface area contributed by atoms with Crippen LogP contribution in [-0.2, 0) is 26.1 Å². The Morgan fingerprint density at radius 2 is 1.86 bits per heavy atom. The highest BCUT2D eigenvalue weighted by Gasteiger charge is 2.31. The number of nitrogens with zero attached hydrogens (tertiary/aromatic N) is 2. The van der Waals surface area contributed by atoms with Crippen LogP contribution in [0.4, 0.5) is 0 Å². The first-order chi connectivity index (χ1) is 13.9. The first-order valence-corrected chi connectivity index (χ1v) is 11.0. The minimum Gasteiger partial charge on any atom is -0.495 e. The summed E-state index contributed by atoms with van der Waals surface area (Å²) in [4.78, 5) is 14.4. The predicted molar refractivity (Wildman–Crippen MR) is 109 cm³/mol. The highest BCUT2D eigenvalue weighted by Crippen LogP contribution is 2.30. The van der Waals surface area contributed by atoms with Gasteiger partial charge in [-0.15, -0.1) is 0 Å². The lowest BCUT2D eigenvalue weighted by Crippen LogP contribution is -2.46. The number of sulfonamides is 1. The maximum atomic E-state index is 13.5. The van der Waals surface area contributed by atoms with Gasteiger partial charge in [-0.05, 0) is 23.8 Å². The van der Waals surface area contributed by atoms with E-state index in [1.165, 1.54) is 19.2 Å². The average molecular weight is 439 g/mol. The summed E-state index contributed by atoms with van der Waals surface area (Å²) in [7, 11) is -2.66. The SMILES string of the molecule is COc1ccc(Cl)cc1S(=O)(=O)N(CC(=O)N1CCOCC1)Cc1ccccc1. The molecule has 1 aliphatic rings. The Labute approximate surface area is 175 Å². The molecule has 0 radical (unpaired) electrons. The van der Waals surface area contributed by atoms with Gasteiger partial charge in [0.1, 0.15) is 10.6 Å². The van der Waals surface area contributed by atoms with E-state index in [4.69, 9.17) is 21.1 Å². The lowest BCUT2D eigenvalue weighted by Gasteiger charge is -2.30. The van der Waals surface area contributed by atoms with Crippen LogP contribution in [0.25, 0.3) is 0 Å². The quantitative estimate of drug-likeness (QED) is 0.663. The molecule has 2 aromatic rings. The number of amides is 1. The molecule has 0 aromatic heterocycles. The standard InChI is InChI=1S/C20H23ClN2O5S/c1-27-18-8-7-17(21)13-19(18)29(25,26)23(14-16-5-3-2-4-6-16)15-20(24)22-9-11-28-12-10-22/h2-8,13H,9-12,14-15H2,1H3.